The highest BCUT2D eigenvalue weighted by atomic mass is 32.1. The first-order valence-electron chi connectivity index (χ1n) is 5.66. The molecule has 104 valence electrons. The second kappa shape index (κ2) is 5.70. The number of hydrogen-bond acceptors (Lipinski definition) is 5. The van der Waals surface area contributed by atoms with Crippen LogP contribution < -0.4 is 4.74 Å². The molecule has 1 aromatic heterocycles. The lowest BCUT2D eigenvalue weighted by molar-refractivity contribution is -0.386. The van der Waals surface area contributed by atoms with Crippen LogP contribution in [0.5, 0.6) is 5.75 Å². The molecule has 6 nitrogen and oxygen atoms in total. The Bertz CT molecular complexity index is 665. The first kappa shape index (κ1) is 14.0. The van der Waals surface area contributed by atoms with E-state index in [1.807, 2.05) is 0 Å². The smallest absolute Gasteiger partial charge is 0.346 e. The first-order valence-corrected chi connectivity index (χ1v) is 6.54. The summed E-state index contributed by atoms with van der Waals surface area (Å²) in [5.74, 6) is -0.894. The van der Waals surface area contributed by atoms with E-state index in [1.54, 1.807) is 30.5 Å². The predicted molar refractivity (Wildman–Crippen MR) is 73.4 cm³/mol. The normalized spacial score (nSPS) is 10.2. The number of carboxylic acids is 1. The average molecular weight is 293 g/mol. The number of benzene rings is 1. The van der Waals surface area contributed by atoms with Crippen LogP contribution in [-0.4, -0.2) is 16.0 Å². The van der Waals surface area contributed by atoms with E-state index in [4.69, 9.17) is 9.84 Å². The zero-order valence-electron chi connectivity index (χ0n) is 10.5. The Balaban J connectivity index is 2.22. The largest absolute Gasteiger partial charge is 0.482 e. The van der Waals surface area contributed by atoms with Gasteiger partial charge in [0.05, 0.1) is 4.92 Å². The molecule has 0 aliphatic heterocycles. The molecule has 0 unspecified atom stereocenters. The maximum atomic E-state index is 11.0. The summed E-state index contributed by atoms with van der Waals surface area (Å²) < 4.78 is 5.42. The highest BCUT2D eigenvalue weighted by molar-refractivity contribution is 7.12. The van der Waals surface area contributed by atoms with Gasteiger partial charge in [-0.05, 0) is 30.0 Å². The molecule has 0 saturated carbocycles. The van der Waals surface area contributed by atoms with Crippen LogP contribution in [0, 0.1) is 17.0 Å². The van der Waals surface area contributed by atoms with Gasteiger partial charge in [-0.2, -0.15) is 0 Å². The maximum Gasteiger partial charge on any atom is 0.346 e. The molecule has 0 radical (unpaired) electrons. The number of rotatable bonds is 5. The number of nitrogens with zero attached hydrogens (tertiary/aromatic N) is 1. The Morgan fingerprint density at radius 1 is 1.45 bits per heavy atom. The number of carbonyl (C=O) groups is 1. The molecule has 2 rings (SSSR count). The first-order chi connectivity index (χ1) is 9.49. The third-order valence-corrected chi connectivity index (χ3v) is 3.58. The van der Waals surface area contributed by atoms with Crippen molar-refractivity contribution in [2.45, 2.75) is 13.5 Å². The number of nitro benzene ring substituents is 1. The van der Waals surface area contributed by atoms with Crippen molar-refractivity contribution in [1.82, 2.24) is 0 Å². The van der Waals surface area contributed by atoms with Gasteiger partial charge in [0.25, 0.3) is 0 Å². The average Bonchev–Trinajstić information content (AvgIpc) is 2.84. The molecule has 1 N–H and O–H groups in total. The summed E-state index contributed by atoms with van der Waals surface area (Å²) in [5, 5.41) is 21.5. The number of hydrogen-bond donors (Lipinski definition) is 1. The molecule has 1 aromatic carbocycles. The SMILES string of the molecule is Cc1ccc([N+](=O)[O-])c(OCc2ccsc2C(=O)O)c1. The van der Waals surface area contributed by atoms with Crippen LogP contribution in [0.15, 0.2) is 29.6 Å². The van der Waals surface area contributed by atoms with Gasteiger partial charge in [0.2, 0.25) is 0 Å². The number of thiophene rings is 1. The van der Waals surface area contributed by atoms with Crippen molar-refractivity contribution >= 4 is 23.0 Å². The predicted octanol–water partition coefficient (Wildman–Crippen LogP) is 3.24. The maximum absolute atomic E-state index is 11.0. The second-order valence-electron chi connectivity index (χ2n) is 4.10. The number of aromatic carboxylic acids is 1. The lowest BCUT2D eigenvalue weighted by Crippen LogP contribution is -2.03. The molecule has 0 aliphatic rings. The third kappa shape index (κ3) is 2.94. The minimum atomic E-state index is -1.03. The van der Waals surface area contributed by atoms with Gasteiger partial charge in [-0.1, -0.05) is 6.07 Å². The monoisotopic (exact) mass is 293 g/mol. The fourth-order valence-electron chi connectivity index (χ4n) is 1.68. The fourth-order valence-corrected chi connectivity index (χ4v) is 2.43. The molecule has 7 heteroatoms. The lowest BCUT2D eigenvalue weighted by atomic mass is 10.2. The Kier molecular flexibility index (Phi) is 3.99. The van der Waals surface area contributed by atoms with Crippen molar-refractivity contribution in [3.63, 3.8) is 0 Å². The van der Waals surface area contributed by atoms with Gasteiger partial charge in [-0.15, -0.1) is 11.3 Å². The zero-order valence-corrected chi connectivity index (χ0v) is 11.3. The van der Waals surface area contributed by atoms with E-state index in [9.17, 15) is 14.9 Å². The van der Waals surface area contributed by atoms with Crippen LogP contribution in [-0.2, 0) is 6.61 Å². The zero-order chi connectivity index (χ0) is 14.7. The number of aryl methyl sites for hydroxylation is 1. The molecular weight excluding hydrogens is 282 g/mol. The number of carboxylic acid groups (broad SMARTS) is 1. The Morgan fingerprint density at radius 3 is 2.85 bits per heavy atom. The molecule has 0 fully saturated rings. The van der Waals surface area contributed by atoms with Crippen molar-refractivity contribution < 1.29 is 19.6 Å². The van der Waals surface area contributed by atoms with Crippen LogP contribution >= 0.6 is 11.3 Å². The topological polar surface area (TPSA) is 89.7 Å². The van der Waals surface area contributed by atoms with Crippen LogP contribution in [0.1, 0.15) is 20.8 Å². The summed E-state index contributed by atoms with van der Waals surface area (Å²) in [4.78, 5) is 21.5. The summed E-state index contributed by atoms with van der Waals surface area (Å²) in [7, 11) is 0. The van der Waals surface area contributed by atoms with E-state index < -0.39 is 10.9 Å². The van der Waals surface area contributed by atoms with Gasteiger partial charge in [0.1, 0.15) is 11.5 Å². The number of ether oxygens (including phenoxy) is 1. The van der Waals surface area contributed by atoms with Crippen molar-refractivity contribution in [2.24, 2.45) is 0 Å². The van der Waals surface area contributed by atoms with E-state index in [2.05, 4.69) is 0 Å². The van der Waals surface area contributed by atoms with Crippen molar-refractivity contribution in [1.29, 1.82) is 0 Å². The van der Waals surface area contributed by atoms with E-state index in [0.29, 0.717) is 5.56 Å². The summed E-state index contributed by atoms with van der Waals surface area (Å²) in [6.45, 7) is 1.78. The summed E-state index contributed by atoms with van der Waals surface area (Å²) >= 11 is 1.09. The lowest BCUT2D eigenvalue weighted by Gasteiger charge is -2.07. The summed E-state index contributed by atoms with van der Waals surface area (Å²) in [5.41, 5.74) is 1.19. The van der Waals surface area contributed by atoms with E-state index >= 15 is 0 Å². The highest BCUT2D eigenvalue weighted by Gasteiger charge is 2.17. The second-order valence-corrected chi connectivity index (χ2v) is 5.01. The fraction of sp³-hybridized carbons (Fsp3) is 0.154. The molecule has 0 bridgehead atoms. The standard InChI is InChI=1S/C13H11NO5S/c1-8-2-3-10(14(17)18)11(6-8)19-7-9-4-5-20-12(9)13(15)16/h2-6H,7H2,1H3,(H,15,16). The Labute approximate surface area is 118 Å². The van der Waals surface area contributed by atoms with Gasteiger partial charge in [0.15, 0.2) is 5.75 Å². The van der Waals surface area contributed by atoms with Crippen molar-refractivity contribution in [3.05, 3.63) is 55.8 Å². The third-order valence-electron chi connectivity index (χ3n) is 2.64. The van der Waals surface area contributed by atoms with E-state index in [1.165, 1.54) is 6.07 Å². The van der Waals surface area contributed by atoms with E-state index in [0.717, 1.165) is 16.9 Å². The highest BCUT2D eigenvalue weighted by Crippen LogP contribution is 2.29. The molecule has 1 heterocycles. The van der Waals surface area contributed by atoms with Gasteiger partial charge in [-0.25, -0.2) is 4.79 Å². The van der Waals surface area contributed by atoms with Gasteiger partial charge in [0, 0.05) is 11.6 Å². The molecule has 2 aromatic rings. The van der Waals surface area contributed by atoms with Gasteiger partial charge >= 0.3 is 11.7 Å². The molecule has 0 saturated heterocycles. The number of nitro groups is 1. The summed E-state index contributed by atoms with van der Waals surface area (Å²) in [6, 6.07) is 6.19. The summed E-state index contributed by atoms with van der Waals surface area (Å²) in [6.07, 6.45) is 0. The van der Waals surface area contributed by atoms with Crippen LogP contribution in [0.2, 0.25) is 0 Å². The molecule has 0 aliphatic carbocycles. The molecule has 0 spiro atoms. The Hall–Kier alpha value is -2.41. The van der Waals surface area contributed by atoms with Crippen molar-refractivity contribution in [2.75, 3.05) is 0 Å². The van der Waals surface area contributed by atoms with Crippen LogP contribution in [0.25, 0.3) is 0 Å². The molecular formula is C13H11NO5S. The van der Waals surface area contributed by atoms with E-state index in [-0.39, 0.29) is 22.9 Å². The molecule has 0 atom stereocenters. The van der Waals surface area contributed by atoms with Gasteiger partial charge in [-0.3, -0.25) is 10.1 Å². The molecule has 0 amide bonds. The van der Waals surface area contributed by atoms with Crippen LogP contribution in [0.4, 0.5) is 5.69 Å². The minimum Gasteiger partial charge on any atom is -0.482 e. The molecule has 20 heavy (non-hydrogen) atoms. The van der Waals surface area contributed by atoms with Gasteiger partial charge < -0.3 is 9.84 Å². The quantitative estimate of drug-likeness (QED) is 0.675. The minimum absolute atomic E-state index is 0.0184. The van der Waals surface area contributed by atoms with Crippen LogP contribution in [0.3, 0.4) is 0 Å². The Morgan fingerprint density at radius 2 is 2.20 bits per heavy atom. The van der Waals surface area contributed by atoms with Crippen molar-refractivity contribution in [3.8, 4) is 5.75 Å².